The third-order valence-corrected chi connectivity index (χ3v) is 6.93. The summed E-state index contributed by atoms with van der Waals surface area (Å²) in [5, 5.41) is 0. The van der Waals surface area contributed by atoms with E-state index in [1.165, 1.54) is 51.4 Å². The first-order valence-corrected chi connectivity index (χ1v) is 14.9. The van der Waals surface area contributed by atoms with E-state index in [4.69, 9.17) is 9.47 Å². The molecule has 0 bridgehead atoms. The third kappa shape index (κ3) is 14.6. The number of carbonyl (C=O) groups is 2. The van der Waals surface area contributed by atoms with E-state index >= 15 is 0 Å². The van der Waals surface area contributed by atoms with Crippen LogP contribution in [-0.4, -0.2) is 30.1 Å². The zero-order valence-corrected chi connectivity index (χ0v) is 23.7. The van der Waals surface area contributed by atoms with Crippen molar-refractivity contribution in [2.24, 2.45) is 11.8 Å². The predicted molar refractivity (Wildman–Crippen MR) is 148 cm³/mol. The normalized spacial score (nSPS) is 12.8. The van der Waals surface area contributed by atoms with Crippen LogP contribution in [0.1, 0.15) is 151 Å². The first-order chi connectivity index (χ1) is 17.5. The Balaban J connectivity index is 2.61. The quantitative estimate of drug-likeness (QED) is 0.117. The number of hydrogen-bond donors (Lipinski definition) is 0. The summed E-state index contributed by atoms with van der Waals surface area (Å²) < 4.78 is 11.3. The van der Waals surface area contributed by atoms with Crippen molar-refractivity contribution in [3.8, 4) is 0 Å². The Morgan fingerprint density at radius 2 is 1.00 bits per heavy atom. The molecular formula is C31H53NO4. The Bertz CT molecular complexity index is 650. The van der Waals surface area contributed by atoms with Gasteiger partial charge in [0.05, 0.1) is 13.2 Å². The lowest BCUT2D eigenvalue weighted by Gasteiger charge is -2.17. The molecular weight excluding hydrogens is 450 g/mol. The van der Waals surface area contributed by atoms with Crippen molar-refractivity contribution < 1.29 is 19.1 Å². The third-order valence-electron chi connectivity index (χ3n) is 6.93. The van der Waals surface area contributed by atoms with Gasteiger partial charge in [0.1, 0.15) is 11.4 Å². The Morgan fingerprint density at radius 3 is 1.39 bits per heavy atom. The molecule has 0 saturated heterocycles. The summed E-state index contributed by atoms with van der Waals surface area (Å²) in [6, 6.07) is 4.90. The molecule has 0 N–H and O–H groups in total. The van der Waals surface area contributed by atoms with Gasteiger partial charge in [-0.3, -0.25) is 0 Å². The number of aromatic nitrogens is 1. The van der Waals surface area contributed by atoms with Crippen molar-refractivity contribution in [3.05, 3.63) is 29.6 Å². The standard InChI is InChI=1S/C31H53NO4/c1-5-9-13-15-20-26(18-11-7-3)24-35-30(33)28-22-17-23-29(32-28)31(34)36-25-27(19-12-8-4)21-16-14-10-6-2/h17,22-23,26-27H,5-16,18-21,24-25H2,1-4H3. The van der Waals surface area contributed by atoms with Gasteiger partial charge in [0.15, 0.2) is 0 Å². The van der Waals surface area contributed by atoms with Gasteiger partial charge < -0.3 is 9.47 Å². The summed E-state index contributed by atoms with van der Waals surface area (Å²) in [7, 11) is 0. The van der Waals surface area contributed by atoms with Crippen LogP contribution in [0.25, 0.3) is 0 Å². The van der Waals surface area contributed by atoms with Crippen LogP contribution in [0.5, 0.6) is 0 Å². The topological polar surface area (TPSA) is 65.5 Å². The Hall–Kier alpha value is -1.91. The van der Waals surface area contributed by atoms with Crippen molar-refractivity contribution >= 4 is 11.9 Å². The lowest BCUT2D eigenvalue weighted by Crippen LogP contribution is -2.18. The zero-order chi connectivity index (χ0) is 26.4. The van der Waals surface area contributed by atoms with Gasteiger partial charge in [-0.2, -0.15) is 0 Å². The number of pyridine rings is 1. The second-order valence-electron chi connectivity index (χ2n) is 10.3. The fourth-order valence-electron chi connectivity index (χ4n) is 4.52. The predicted octanol–water partition coefficient (Wildman–Crippen LogP) is 8.95. The fourth-order valence-corrected chi connectivity index (χ4v) is 4.52. The van der Waals surface area contributed by atoms with Gasteiger partial charge in [-0.1, -0.05) is 111 Å². The molecule has 0 saturated carbocycles. The Morgan fingerprint density at radius 1 is 0.611 bits per heavy atom. The molecule has 1 aromatic rings. The second-order valence-corrected chi connectivity index (χ2v) is 10.3. The largest absolute Gasteiger partial charge is 0.461 e. The first kappa shape index (κ1) is 32.1. The van der Waals surface area contributed by atoms with Gasteiger partial charge >= 0.3 is 11.9 Å². The van der Waals surface area contributed by atoms with E-state index in [1.54, 1.807) is 18.2 Å². The molecule has 5 heteroatoms. The van der Waals surface area contributed by atoms with Crippen molar-refractivity contribution in [1.82, 2.24) is 4.98 Å². The summed E-state index contributed by atoms with van der Waals surface area (Å²) >= 11 is 0. The van der Waals surface area contributed by atoms with Crippen LogP contribution in [-0.2, 0) is 9.47 Å². The molecule has 1 heterocycles. The number of carbonyl (C=O) groups excluding carboxylic acids is 2. The van der Waals surface area contributed by atoms with Crippen molar-refractivity contribution in [2.45, 2.75) is 130 Å². The fraction of sp³-hybridized carbons (Fsp3) is 0.774. The molecule has 0 aliphatic carbocycles. The Kier molecular flexibility index (Phi) is 18.9. The van der Waals surface area contributed by atoms with Gasteiger partial charge in [0.25, 0.3) is 0 Å². The highest BCUT2D eigenvalue weighted by atomic mass is 16.5. The highest BCUT2D eigenvalue weighted by Gasteiger charge is 2.18. The number of nitrogens with zero attached hydrogens (tertiary/aromatic N) is 1. The monoisotopic (exact) mass is 503 g/mol. The maximum atomic E-state index is 12.7. The lowest BCUT2D eigenvalue weighted by molar-refractivity contribution is 0.0406. The number of ether oxygens (including phenoxy) is 2. The van der Waals surface area contributed by atoms with E-state index in [1.807, 2.05) is 0 Å². The average molecular weight is 504 g/mol. The van der Waals surface area contributed by atoms with Crippen LogP contribution in [0.4, 0.5) is 0 Å². The van der Waals surface area contributed by atoms with Crippen LogP contribution in [0, 0.1) is 11.8 Å². The van der Waals surface area contributed by atoms with Crippen LogP contribution >= 0.6 is 0 Å². The highest BCUT2D eigenvalue weighted by Crippen LogP contribution is 2.20. The second kappa shape index (κ2) is 21.2. The maximum absolute atomic E-state index is 12.7. The van der Waals surface area contributed by atoms with Crippen molar-refractivity contribution in [3.63, 3.8) is 0 Å². The summed E-state index contributed by atoms with van der Waals surface area (Å²) in [5.74, 6) is -0.152. The smallest absolute Gasteiger partial charge is 0.356 e. The molecule has 1 rings (SSSR count). The summed E-state index contributed by atoms with van der Waals surface area (Å²) in [6.07, 6.45) is 18.7. The maximum Gasteiger partial charge on any atom is 0.356 e. The molecule has 0 radical (unpaired) electrons. The van der Waals surface area contributed by atoms with E-state index in [2.05, 4.69) is 32.7 Å². The first-order valence-electron chi connectivity index (χ1n) is 14.9. The molecule has 206 valence electrons. The summed E-state index contributed by atoms with van der Waals surface area (Å²) in [4.78, 5) is 29.7. The minimum absolute atomic E-state index is 0.173. The van der Waals surface area contributed by atoms with Gasteiger partial charge in [-0.15, -0.1) is 0 Å². The summed E-state index contributed by atoms with van der Waals surface area (Å²) in [6.45, 7) is 9.64. The van der Waals surface area contributed by atoms with Crippen LogP contribution < -0.4 is 0 Å². The molecule has 0 aliphatic heterocycles. The number of hydrogen-bond acceptors (Lipinski definition) is 5. The molecule has 2 atom stereocenters. The zero-order valence-electron chi connectivity index (χ0n) is 23.7. The minimum atomic E-state index is -0.462. The molecule has 1 aromatic heterocycles. The SMILES string of the molecule is CCCCCCC(CCCC)COC(=O)c1cccc(C(=O)OCC(CCCC)CCCCCC)n1. The van der Waals surface area contributed by atoms with Crippen LogP contribution in [0.15, 0.2) is 18.2 Å². The number of unbranched alkanes of at least 4 members (excludes halogenated alkanes) is 8. The molecule has 0 aromatic carbocycles. The molecule has 5 nitrogen and oxygen atoms in total. The number of esters is 2. The van der Waals surface area contributed by atoms with Crippen molar-refractivity contribution in [2.75, 3.05) is 13.2 Å². The van der Waals surface area contributed by atoms with Gasteiger partial charge in [-0.25, -0.2) is 14.6 Å². The Labute approximate surface area is 221 Å². The van der Waals surface area contributed by atoms with E-state index in [-0.39, 0.29) is 11.4 Å². The van der Waals surface area contributed by atoms with Gasteiger partial charge in [0, 0.05) is 0 Å². The van der Waals surface area contributed by atoms with E-state index in [0.717, 1.165) is 51.4 Å². The lowest BCUT2D eigenvalue weighted by atomic mass is 9.96. The van der Waals surface area contributed by atoms with Gasteiger partial charge in [0.2, 0.25) is 0 Å². The molecule has 0 spiro atoms. The molecule has 0 aliphatic rings. The highest BCUT2D eigenvalue weighted by molar-refractivity contribution is 5.91. The molecule has 2 unspecified atom stereocenters. The minimum Gasteiger partial charge on any atom is -0.461 e. The van der Waals surface area contributed by atoms with E-state index in [0.29, 0.717) is 25.0 Å². The van der Waals surface area contributed by atoms with Gasteiger partial charge in [-0.05, 0) is 49.7 Å². The molecule has 0 fully saturated rings. The van der Waals surface area contributed by atoms with E-state index < -0.39 is 11.9 Å². The molecule has 0 amide bonds. The van der Waals surface area contributed by atoms with Crippen LogP contribution in [0.3, 0.4) is 0 Å². The number of rotatable bonds is 22. The van der Waals surface area contributed by atoms with Crippen LogP contribution in [0.2, 0.25) is 0 Å². The average Bonchev–Trinajstić information content (AvgIpc) is 2.90. The summed E-state index contributed by atoms with van der Waals surface area (Å²) in [5.41, 5.74) is 0.346. The van der Waals surface area contributed by atoms with E-state index in [9.17, 15) is 9.59 Å². The van der Waals surface area contributed by atoms with Crippen molar-refractivity contribution in [1.29, 1.82) is 0 Å². The molecule has 36 heavy (non-hydrogen) atoms.